The number of hydrogen-bond acceptors (Lipinski definition) is 11. The van der Waals surface area contributed by atoms with E-state index >= 15 is 0 Å². The van der Waals surface area contributed by atoms with Crippen LogP contribution in [0.1, 0.15) is 37.8 Å². The number of nitro benzene ring substituents is 1. The molecule has 3 aromatic rings. The molecule has 0 aliphatic carbocycles. The molecule has 2 heterocycles. The van der Waals surface area contributed by atoms with Crippen molar-refractivity contribution in [3.63, 3.8) is 0 Å². The molecule has 252 valence electrons. The van der Waals surface area contributed by atoms with Crippen molar-refractivity contribution in [2.45, 2.75) is 56.2 Å². The van der Waals surface area contributed by atoms with Gasteiger partial charge in [-0.05, 0) is 68.7 Å². The van der Waals surface area contributed by atoms with Crippen molar-refractivity contribution in [2.75, 3.05) is 13.1 Å². The fourth-order valence-electron chi connectivity index (χ4n) is 5.44. The van der Waals surface area contributed by atoms with Crippen LogP contribution in [0.5, 0.6) is 5.75 Å². The average Bonchev–Trinajstić information content (AvgIpc) is 3.61. The Kier molecular flexibility index (Phi) is 10.1. The summed E-state index contributed by atoms with van der Waals surface area (Å²) in [6.45, 7) is 5.52. The lowest BCUT2D eigenvalue weighted by molar-refractivity contribution is -0.384. The largest absolute Gasteiger partial charge is 0.456 e. The lowest BCUT2D eigenvalue weighted by atomic mass is 9.99. The second kappa shape index (κ2) is 14.1. The summed E-state index contributed by atoms with van der Waals surface area (Å²) >= 11 is 0. The summed E-state index contributed by atoms with van der Waals surface area (Å²) in [6, 6.07) is 19.7. The predicted molar refractivity (Wildman–Crippen MR) is 177 cm³/mol. The highest BCUT2D eigenvalue weighted by molar-refractivity contribution is 8.72. The highest BCUT2D eigenvalue weighted by atomic mass is 33.1. The lowest BCUT2D eigenvalue weighted by Gasteiger charge is -2.53. The number of benzene rings is 3. The summed E-state index contributed by atoms with van der Waals surface area (Å²) in [4.78, 5) is 54.4. The first-order chi connectivity index (χ1) is 22.8. The van der Waals surface area contributed by atoms with E-state index in [9.17, 15) is 32.9 Å². The van der Waals surface area contributed by atoms with Gasteiger partial charge in [0, 0.05) is 48.6 Å². The Balaban J connectivity index is 1.58. The number of amides is 2. The van der Waals surface area contributed by atoms with Crippen LogP contribution in [0, 0.1) is 17.0 Å². The Bertz CT molecular complexity index is 1840. The summed E-state index contributed by atoms with van der Waals surface area (Å²) in [5, 5.41) is 12.1. The molecule has 2 saturated heterocycles. The van der Waals surface area contributed by atoms with E-state index in [1.807, 2.05) is 11.8 Å². The summed E-state index contributed by atoms with van der Waals surface area (Å²) in [7, 11) is -3.85. The van der Waals surface area contributed by atoms with E-state index in [0.29, 0.717) is 35.1 Å². The van der Waals surface area contributed by atoms with Crippen molar-refractivity contribution in [3.8, 4) is 5.75 Å². The molecule has 15 heteroatoms. The number of non-ortho nitro benzene ring substituents is 1. The second-order valence-corrected chi connectivity index (χ2v) is 15.3. The molecule has 0 bridgehead atoms. The number of aryl methyl sites for hydroxylation is 1. The van der Waals surface area contributed by atoms with Gasteiger partial charge in [-0.3, -0.25) is 24.6 Å². The normalized spacial score (nSPS) is 19.6. The molecule has 2 aliphatic heterocycles. The molecule has 13 nitrogen and oxygen atoms in total. The molecule has 0 spiro atoms. The zero-order valence-corrected chi connectivity index (χ0v) is 28.1. The van der Waals surface area contributed by atoms with E-state index in [4.69, 9.17) is 9.47 Å². The second-order valence-electron chi connectivity index (χ2n) is 11.4. The molecule has 2 unspecified atom stereocenters. The van der Waals surface area contributed by atoms with Crippen LogP contribution >= 0.6 is 10.8 Å². The van der Waals surface area contributed by atoms with E-state index in [2.05, 4.69) is 5.32 Å². The van der Waals surface area contributed by atoms with Crippen molar-refractivity contribution < 1.29 is 37.2 Å². The molecule has 5 rings (SSSR count). The first kappa shape index (κ1) is 34.4. The smallest absolute Gasteiger partial charge is 0.357 e. The number of rotatable bonds is 12. The maximum absolute atomic E-state index is 14.4. The monoisotopic (exact) mass is 694 g/mol. The maximum Gasteiger partial charge on any atom is 0.357 e. The summed E-state index contributed by atoms with van der Waals surface area (Å²) in [6.07, 6.45) is 1.67. The zero-order chi connectivity index (χ0) is 34.6. The van der Waals surface area contributed by atoms with E-state index in [1.165, 1.54) is 43.3 Å². The van der Waals surface area contributed by atoms with Crippen LogP contribution in [0.25, 0.3) is 0 Å². The van der Waals surface area contributed by atoms with Crippen LogP contribution < -0.4 is 10.1 Å². The number of β-lactam (4-membered cyclic amide) rings is 1. The fraction of sp³-hybridized carbons (Fsp3) is 0.303. The average molecular weight is 695 g/mol. The number of nitrogens with one attached hydrogen (secondary N) is 1. The molecular weight excluding hydrogens is 661 g/mol. The molecular formula is C33H34N4O9S2. The zero-order valence-electron chi connectivity index (χ0n) is 26.5. The summed E-state index contributed by atoms with van der Waals surface area (Å²) in [5.74, 6) is -2.29. The molecule has 2 fully saturated rings. The topological polar surface area (TPSA) is 165 Å². The third kappa shape index (κ3) is 7.16. The van der Waals surface area contributed by atoms with Crippen molar-refractivity contribution in [3.05, 3.63) is 111 Å². The Labute approximate surface area is 281 Å². The van der Waals surface area contributed by atoms with Crippen LogP contribution in [0.3, 0.4) is 0 Å². The number of nitrogens with zero attached hydrogens (tertiary/aromatic N) is 3. The first-order valence-corrected chi connectivity index (χ1v) is 17.9. The van der Waals surface area contributed by atoms with Gasteiger partial charge in [-0.15, -0.1) is 0 Å². The molecule has 0 radical (unpaired) electrons. The number of likely N-dealkylation sites (tertiary alicyclic amines) is 2. The molecule has 3 aromatic carbocycles. The minimum Gasteiger partial charge on any atom is -0.456 e. The van der Waals surface area contributed by atoms with Gasteiger partial charge in [0.15, 0.2) is 11.1 Å². The lowest BCUT2D eigenvalue weighted by Crippen LogP contribution is -2.81. The highest BCUT2D eigenvalue weighted by Crippen LogP contribution is 2.47. The number of carbonyl (C=O) groups excluding carboxylic acids is 3. The number of allylic oxidation sites excluding steroid dienone is 1. The number of hydrogen-bond donors (Lipinski definition) is 1. The summed E-state index contributed by atoms with van der Waals surface area (Å²) < 4.78 is 39.6. The van der Waals surface area contributed by atoms with Gasteiger partial charge in [-0.1, -0.05) is 35.9 Å². The molecule has 2 amide bonds. The van der Waals surface area contributed by atoms with Gasteiger partial charge in [0.2, 0.25) is 14.8 Å². The van der Waals surface area contributed by atoms with Crippen LogP contribution in [0.15, 0.2) is 95.2 Å². The third-order valence-electron chi connectivity index (χ3n) is 7.90. The minimum absolute atomic E-state index is 0.0450. The van der Waals surface area contributed by atoms with Gasteiger partial charge in [0.25, 0.3) is 17.3 Å². The number of carbonyl (C=O) groups is 3. The van der Waals surface area contributed by atoms with E-state index in [1.54, 1.807) is 49.4 Å². The summed E-state index contributed by atoms with van der Waals surface area (Å²) in [5.41, 5.74) is -0.895. The van der Waals surface area contributed by atoms with Gasteiger partial charge >= 0.3 is 5.97 Å². The van der Waals surface area contributed by atoms with Crippen LogP contribution in [0.2, 0.25) is 0 Å². The third-order valence-corrected chi connectivity index (χ3v) is 11.6. The molecule has 0 aromatic heterocycles. The van der Waals surface area contributed by atoms with Gasteiger partial charge in [0.1, 0.15) is 12.4 Å². The SMILES string of the molecule is CC(=O)NC1(Oc2ccccc2)C(=O)N(/C(C(=O)OCc2ccc([N+](=O)[O-])cc2)=C(\C)N2CCCC2)C1SS(=O)(=O)c1ccc(C)cc1. The van der Waals surface area contributed by atoms with Crippen LogP contribution in [-0.2, 0) is 34.6 Å². The van der Waals surface area contributed by atoms with Crippen molar-refractivity contribution in [1.82, 2.24) is 15.1 Å². The number of nitro groups is 1. The number of ether oxygens (including phenoxy) is 2. The number of esters is 1. The van der Waals surface area contributed by atoms with Gasteiger partial charge in [-0.2, -0.15) is 0 Å². The highest BCUT2D eigenvalue weighted by Gasteiger charge is 2.68. The molecule has 2 aliphatic rings. The Morgan fingerprint density at radius 2 is 1.62 bits per heavy atom. The number of para-hydroxylation sites is 1. The Hall–Kier alpha value is -4.89. The quantitative estimate of drug-likeness (QED) is 0.0541. The molecule has 2 atom stereocenters. The minimum atomic E-state index is -4.21. The fourth-order valence-corrected chi connectivity index (χ4v) is 8.94. The van der Waals surface area contributed by atoms with E-state index in [0.717, 1.165) is 23.3 Å². The van der Waals surface area contributed by atoms with E-state index < -0.39 is 42.7 Å². The van der Waals surface area contributed by atoms with Crippen LogP contribution in [0.4, 0.5) is 5.69 Å². The molecule has 48 heavy (non-hydrogen) atoms. The van der Waals surface area contributed by atoms with Gasteiger partial charge in [0.05, 0.1) is 9.82 Å². The Morgan fingerprint density at radius 1 is 1.00 bits per heavy atom. The Morgan fingerprint density at radius 3 is 2.21 bits per heavy atom. The maximum atomic E-state index is 14.4. The van der Waals surface area contributed by atoms with Crippen molar-refractivity contribution >= 4 is 43.1 Å². The van der Waals surface area contributed by atoms with Gasteiger partial charge < -0.3 is 19.7 Å². The van der Waals surface area contributed by atoms with Crippen molar-refractivity contribution in [1.29, 1.82) is 0 Å². The van der Waals surface area contributed by atoms with Crippen molar-refractivity contribution in [2.24, 2.45) is 0 Å². The first-order valence-electron chi connectivity index (χ1n) is 15.0. The predicted octanol–water partition coefficient (Wildman–Crippen LogP) is 4.48. The van der Waals surface area contributed by atoms with Crippen LogP contribution in [-0.4, -0.2) is 65.1 Å². The molecule has 1 N–H and O–H groups in total. The van der Waals surface area contributed by atoms with Gasteiger partial charge in [-0.25, -0.2) is 13.2 Å². The standard InChI is InChI=1S/C33H34N4O9S2/c1-22-11-17-28(18-12-22)48(43,44)47-32-33(34-24(3)38,46-27-9-5-4-6-10-27)31(40)36(32)29(23(2)35-19-7-8-20-35)30(39)45-21-25-13-15-26(16-14-25)37(41)42/h4-6,9-18,32H,7-8,19-21H2,1-3H3,(H,34,38)/b29-23+. The molecule has 0 saturated carbocycles. The van der Waals surface area contributed by atoms with E-state index in [-0.39, 0.29) is 28.6 Å².